The molecule has 0 aromatic heterocycles. The SMILES string of the molecule is O=C(CCOc1ccccc1)NCc1ccc(C(=O)Nc2cc(F)ccc2F)cc1. The third-order valence-corrected chi connectivity index (χ3v) is 4.22. The molecule has 0 saturated heterocycles. The average Bonchev–Trinajstić information content (AvgIpc) is 2.76. The van der Waals surface area contributed by atoms with E-state index in [-0.39, 0.29) is 30.2 Å². The highest BCUT2D eigenvalue weighted by Crippen LogP contribution is 2.16. The van der Waals surface area contributed by atoms with Crippen molar-refractivity contribution in [1.82, 2.24) is 5.32 Å². The summed E-state index contributed by atoms with van der Waals surface area (Å²) in [6, 6.07) is 18.5. The number of carbonyl (C=O) groups excluding carboxylic acids is 2. The predicted octanol–water partition coefficient (Wildman–Crippen LogP) is 4.30. The van der Waals surface area contributed by atoms with Crippen molar-refractivity contribution in [3.63, 3.8) is 0 Å². The number of rotatable bonds is 8. The van der Waals surface area contributed by atoms with Crippen LogP contribution in [0.5, 0.6) is 5.75 Å². The molecule has 3 rings (SSSR count). The summed E-state index contributed by atoms with van der Waals surface area (Å²) in [6.45, 7) is 0.566. The lowest BCUT2D eigenvalue weighted by Gasteiger charge is -2.09. The van der Waals surface area contributed by atoms with Gasteiger partial charge in [0, 0.05) is 18.2 Å². The highest BCUT2D eigenvalue weighted by Gasteiger charge is 2.10. The van der Waals surface area contributed by atoms with E-state index in [0.29, 0.717) is 12.3 Å². The number of carbonyl (C=O) groups is 2. The van der Waals surface area contributed by atoms with Crippen LogP contribution < -0.4 is 15.4 Å². The lowest BCUT2D eigenvalue weighted by molar-refractivity contribution is -0.121. The molecule has 7 heteroatoms. The molecule has 0 radical (unpaired) electrons. The molecule has 0 fully saturated rings. The number of amides is 2. The van der Waals surface area contributed by atoms with E-state index >= 15 is 0 Å². The van der Waals surface area contributed by atoms with Gasteiger partial charge in [-0.05, 0) is 42.0 Å². The van der Waals surface area contributed by atoms with E-state index in [1.165, 1.54) is 0 Å². The summed E-state index contributed by atoms with van der Waals surface area (Å²) in [5.41, 5.74) is 0.847. The third kappa shape index (κ3) is 6.13. The molecule has 0 saturated carbocycles. The zero-order valence-corrected chi connectivity index (χ0v) is 16.0. The standard InChI is InChI=1S/C23H20F2N2O3/c24-18-10-11-20(25)21(14-18)27-23(29)17-8-6-16(7-9-17)15-26-22(28)12-13-30-19-4-2-1-3-5-19/h1-11,14H,12-13,15H2,(H,26,28)(H,27,29). The fraction of sp³-hybridized carbons (Fsp3) is 0.130. The lowest BCUT2D eigenvalue weighted by Crippen LogP contribution is -2.24. The zero-order valence-electron chi connectivity index (χ0n) is 16.0. The van der Waals surface area contributed by atoms with Gasteiger partial charge in [-0.15, -0.1) is 0 Å². The Morgan fingerprint density at radius 1 is 0.900 bits per heavy atom. The van der Waals surface area contributed by atoms with Crippen LogP contribution >= 0.6 is 0 Å². The lowest BCUT2D eigenvalue weighted by atomic mass is 10.1. The molecule has 0 atom stereocenters. The van der Waals surface area contributed by atoms with Crippen molar-refractivity contribution in [3.05, 3.63) is 95.6 Å². The number of hydrogen-bond donors (Lipinski definition) is 2. The quantitative estimate of drug-likeness (QED) is 0.582. The predicted molar refractivity (Wildman–Crippen MR) is 109 cm³/mol. The maximum Gasteiger partial charge on any atom is 0.255 e. The Labute approximate surface area is 172 Å². The molecular weight excluding hydrogens is 390 g/mol. The number of benzene rings is 3. The van der Waals surface area contributed by atoms with E-state index in [0.717, 1.165) is 23.8 Å². The second-order valence-electron chi connectivity index (χ2n) is 6.46. The molecule has 30 heavy (non-hydrogen) atoms. The molecule has 0 aliphatic carbocycles. The second-order valence-corrected chi connectivity index (χ2v) is 6.46. The number of halogens is 2. The van der Waals surface area contributed by atoms with Gasteiger partial charge in [0.15, 0.2) is 0 Å². The third-order valence-electron chi connectivity index (χ3n) is 4.22. The summed E-state index contributed by atoms with van der Waals surface area (Å²) in [7, 11) is 0. The van der Waals surface area contributed by atoms with Crippen LogP contribution in [0.1, 0.15) is 22.3 Å². The first-order chi connectivity index (χ1) is 14.5. The van der Waals surface area contributed by atoms with Crippen LogP contribution in [0.3, 0.4) is 0 Å². The molecule has 0 unspecified atom stereocenters. The summed E-state index contributed by atoms with van der Waals surface area (Å²) in [5, 5.41) is 5.11. The maximum atomic E-state index is 13.6. The molecule has 3 aromatic rings. The van der Waals surface area contributed by atoms with Crippen LogP contribution in [-0.4, -0.2) is 18.4 Å². The first-order valence-electron chi connectivity index (χ1n) is 9.31. The number of anilines is 1. The van der Waals surface area contributed by atoms with Gasteiger partial charge in [-0.2, -0.15) is 0 Å². The Hall–Kier alpha value is -3.74. The van der Waals surface area contributed by atoms with Crippen molar-refractivity contribution in [2.24, 2.45) is 0 Å². The van der Waals surface area contributed by atoms with Gasteiger partial charge in [0.05, 0.1) is 18.7 Å². The van der Waals surface area contributed by atoms with Crippen LogP contribution in [0.2, 0.25) is 0 Å². The van der Waals surface area contributed by atoms with Crippen molar-refractivity contribution in [2.75, 3.05) is 11.9 Å². The normalized spacial score (nSPS) is 10.3. The largest absolute Gasteiger partial charge is 0.493 e. The molecule has 154 valence electrons. The van der Waals surface area contributed by atoms with Crippen LogP contribution in [0, 0.1) is 11.6 Å². The minimum Gasteiger partial charge on any atom is -0.493 e. The summed E-state index contributed by atoms with van der Waals surface area (Å²) >= 11 is 0. The molecule has 2 N–H and O–H groups in total. The summed E-state index contributed by atoms with van der Waals surface area (Å²) in [4.78, 5) is 24.1. The maximum absolute atomic E-state index is 13.6. The average molecular weight is 410 g/mol. The highest BCUT2D eigenvalue weighted by atomic mass is 19.1. The Morgan fingerprint density at radius 2 is 1.63 bits per heavy atom. The topological polar surface area (TPSA) is 67.4 Å². The fourth-order valence-electron chi connectivity index (χ4n) is 2.63. The number of para-hydroxylation sites is 1. The van der Waals surface area contributed by atoms with Crippen molar-refractivity contribution < 1.29 is 23.1 Å². The van der Waals surface area contributed by atoms with Gasteiger partial charge in [0.1, 0.15) is 17.4 Å². The minimum atomic E-state index is -0.722. The smallest absolute Gasteiger partial charge is 0.255 e. The van der Waals surface area contributed by atoms with Crippen molar-refractivity contribution in [3.8, 4) is 5.75 Å². The monoisotopic (exact) mass is 410 g/mol. The molecule has 0 spiro atoms. The summed E-state index contributed by atoms with van der Waals surface area (Å²) < 4.78 is 32.3. The van der Waals surface area contributed by atoms with Gasteiger partial charge in [0.2, 0.25) is 5.91 Å². The molecule has 0 aliphatic rings. The first-order valence-corrected chi connectivity index (χ1v) is 9.31. The van der Waals surface area contributed by atoms with Crippen molar-refractivity contribution >= 4 is 17.5 Å². The highest BCUT2D eigenvalue weighted by molar-refractivity contribution is 6.04. The fourth-order valence-corrected chi connectivity index (χ4v) is 2.63. The van der Waals surface area contributed by atoms with Gasteiger partial charge in [-0.25, -0.2) is 8.78 Å². The molecular formula is C23H20F2N2O3. The molecule has 2 amide bonds. The molecule has 0 bridgehead atoms. The number of hydrogen-bond acceptors (Lipinski definition) is 3. The van der Waals surface area contributed by atoms with E-state index in [9.17, 15) is 18.4 Å². The van der Waals surface area contributed by atoms with Gasteiger partial charge in [-0.1, -0.05) is 30.3 Å². The van der Waals surface area contributed by atoms with E-state index in [4.69, 9.17) is 4.74 Å². The van der Waals surface area contributed by atoms with E-state index < -0.39 is 17.5 Å². The molecule has 0 aliphatic heterocycles. The Balaban J connectivity index is 1.45. The van der Waals surface area contributed by atoms with Crippen LogP contribution in [0.4, 0.5) is 14.5 Å². The Kier molecular flexibility index (Phi) is 7.10. The van der Waals surface area contributed by atoms with Gasteiger partial charge in [-0.3, -0.25) is 9.59 Å². The molecule has 5 nitrogen and oxygen atoms in total. The minimum absolute atomic E-state index is 0.158. The Bertz CT molecular complexity index is 1010. The number of ether oxygens (including phenoxy) is 1. The van der Waals surface area contributed by atoms with Crippen LogP contribution in [0.15, 0.2) is 72.8 Å². The Morgan fingerprint density at radius 3 is 2.37 bits per heavy atom. The summed E-state index contributed by atoms with van der Waals surface area (Å²) in [6.07, 6.45) is 0.217. The van der Waals surface area contributed by atoms with Crippen LogP contribution in [-0.2, 0) is 11.3 Å². The van der Waals surface area contributed by atoms with Crippen molar-refractivity contribution in [2.45, 2.75) is 13.0 Å². The molecule has 0 heterocycles. The van der Waals surface area contributed by atoms with Crippen molar-refractivity contribution in [1.29, 1.82) is 0 Å². The zero-order chi connectivity index (χ0) is 21.3. The van der Waals surface area contributed by atoms with E-state index in [2.05, 4.69) is 10.6 Å². The van der Waals surface area contributed by atoms with E-state index in [1.54, 1.807) is 24.3 Å². The number of nitrogens with one attached hydrogen (secondary N) is 2. The molecule has 3 aromatic carbocycles. The first kappa shape index (κ1) is 21.0. The van der Waals surface area contributed by atoms with Gasteiger partial charge < -0.3 is 15.4 Å². The second kappa shape index (κ2) is 10.2. The van der Waals surface area contributed by atoms with Gasteiger partial charge >= 0.3 is 0 Å². The van der Waals surface area contributed by atoms with Crippen LogP contribution in [0.25, 0.3) is 0 Å². The summed E-state index contributed by atoms with van der Waals surface area (Å²) in [5.74, 6) is -1.38. The van der Waals surface area contributed by atoms with Gasteiger partial charge in [0.25, 0.3) is 5.91 Å². The van der Waals surface area contributed by atoms with E-state index in [1.807, 2.05) is 30.3 Å².